The number of esters is 1. The van der Waals surface area contributed by atoms with Crippen LogP contribution in [0.4, 0.5) is 0 Å². The van der Waals surface area contributed by atoms with Crippen LogP contribution < -0.4 is 5.73 Å². The number of ether oxygens (including phenoxy) is 2. The molecule has 0 amide bonds. The third kappa shape index (κ3) is 3.88. The van der Waals surface area contributed by atoms with Crippen LogP contribution in [0.2, 0.25) is 5.02 Å². The first kappa shape index (κ1) is 19.5. The van der Waals surface area contributed by atoms with Gasteiger partial charge in [-0.3, -0.25) is 4.79 Å². The zero-order chi connectivity index (χ0) is 19.9. The van der Waals surface area contributed by atoms with Gasteiger partial charge in [-0.25, -0.2) is 4.79 Å². The van der Waals surface area contributed by atoms with Gasteiger partial charge in [0.1, 0.15) is 11.3 Å². The van der Waals surface area contributed by atoms with E-state index >= 15 is 0 Å². The molecule has 0 radical (unpaired) electrons. The number of ketones is 1. The van der Waals surface area contributed by atoms with Gasteiger partial charge in [-0.2, -0.15) is 0 Å². The first-order chi connectivity index (χ1) is 12.6. The minimum Gasteiger partial charge on any atom is -0.459 e. The molecule has 2 N–H and O–H groups in total. The molecule has 0 fully saturated rings. The Morgan fingerprint density at radius 3 is 2.48 bits per heavy atom. The molecular weight excluding hydrogens is 366 g/mol. The highest BCUT2D eigenvalue weighted by molar-refractivity contribution is 6.30. The van der Waals surface area contributed by atoms with Crippen molar-refractivity contribution in [3.05, 3.63) is 57.6 Å². The molecule has 3 rings (SSSR count). The largest absolute Gasteiger partial charge is 0.459 e. The van der Waals surface area contributed by atoms with Gasteiger partial charge in [-0.15, -0.1) is 0 Å². The first-order valence-corrected chi connectivity index (χ1v) is 9.37. The summed E-state index contributed by atoms with van der Waals surface area (Å²) >= 11 is 6.02. The number of nitrogens with two attached hydrogens (primary N) is 1. The molecule has 0 bridgehead atoms. The Bertz CT molecular complexity index is 849. The average molecular weight is 390 g/mol. The second-order valence-electron chi connectivity index (χ2n) is 8.10. The smallest absolute Gasteiger partial charge is 0.340 e. The number of allylic oxidation sites excluding steroid dienone is 2. The quantitative estimate of drug-likeness (QED) is 0.783. The summed E-state index contributed by atoms with van der Waals surface area (Å²) in [5.74, 6) is -0.712. The first-order valence-electron chi connectivity index (χ1n) is 8.99. The van der Waals surface area contributed by atoms with Crippen molar-refractivity contribution >= 4 is 23.4 Å². The Balaban J connectivity index is 2.15. The Kier molecular flexibility index (Phi) is 5.08. The predicted octanol–water partition coefficient (Wildman–Crippen LogP) is 4.22. The molecule has 5 nitrogen and oxygen atoms in total. The van der Waals surface area contributed by atoms with Gasteiger partial charge in [-0.05, 0) is 37.0 Å². The van der Waals surface area contributed by atoms with E-state index in [-0.39, 0.29) is 28.8 Å². The molecule has 1 aliphatic heterocycles. The number of halogens is 1. The van der Waals surface area contributed by atoms with Gasteiger partial charge in [-0.1, -0.05) is 37.6 Å². The highest BCUT2D eigenvalue weighted by Gasteiger charge is 2.45. The van der Waals surface area contributed by atoms with Crippen molar-refractivity contribution in [1.82, 2.24) is 0 Å². The molecule has 1 aromatic rings. The number of rotatable bonds is 3. The molecule has 1 heterocycles. The molecule has 144 valence electrons. The van der Waals surface area contributed by atoms with Crippen LogP contribution in [-0.2, 0) is 19.1 Å². The lowest BCUT2D eigenvalue weighted by atomic mass is 9.70. The van der Waals surface area contributed by atoms with Crippen molar-refractivity contribution in [3.8, 4) is 0 Å². The Hall–Kier alpha value is -2.27. The molecule has 0 aromatic heterocycles. The molecule has 6 heteroatoms. The summed E-state index contributed by atoms with van der Waals surface area (Å²) in [5, 5.41) is 0.569. The molecule has 0 unspecified atom stereocenters. The van der Waals surface area contributed by atoms with Crippen molar-refractivity contribution in [2.45, 2.75) is 52.6 Å². The van der Waals surface area contributed by atoms with Crippen LogP contribution >= 0.6 is 11.6 Å². The van der Waals surface area contributed by atoms with Gasteiger partial charge >= 0.3 is 5.97 Å². The summed E-state index contributed by atoms with van der Waals surface area (Å²) in [5.41, 5.74) is 7.32. The highest BCUT2D eigenvalue weighted by atomic mass is 35.5. The maximum Gasteiger partial charge on any atom is 0.340 e. The molecule has 1 aliphatic carbocycles. The minimum absolute atomic E-state index is 0.00940. The fraction of sp³-hybridized carbons (Fsp3) is 0.429. The van der Waals surface area contributed by atoms with Crippen LogP contribution in [0.5, 0.6) is 0 Å². The van der Waals surface area contributed by atoms with Gasteiger partial charge in [0.15, 0.2) is 5.78 Å². The summed E-state index contributed by atoms with van der Waals surface area (Å²) in [7, 11) is 0. The van der Waals surface area contributed by atoms with E-state index in [1.54, 1.807) is 38.1 Å². The SMILES string of the molecule is CC(C)OC(=O)C1=C(N)OC2=C(C(=O)CC(C)(C)C2)[C@@H]1c1ccc(Cl)cc1. The standard InChI is InChI=1S/C21H24ClNO4/c1-11(2)26-20(25)18-16(12-5-7-13(22)8-6-12)17-14(24)9-21(3,4)10-15(17)27-19(18)23/h5-8,11,16H,9-10,23H2,1-4H3/t16-/m0/s1. The van der Waals surface area contributed by atoms with E-state index in [0.29, 0.717) is 29.2 Å². The van der Waals surface area contributed by atoms with Crippen molar-refractivity contribution in [2.75, 3.05) is 0 Å². The molecule has 0 saturated carbocycles. The number of Topliss-reactive ketones (excluding diaryl/α,β-unsaturated/α-hetero) is 1. The van der Waals surface area contributed by atoms with Crippen LogP contribution in [0.1, 0.15) is 52.0 Å². The molecule has 0 spiro atoms. The molecule has 1 aromatic carbocycles. The van der Waals surface area contributed by atoms with E-state index in [0.717, 1.165) is 5.56 Å². The lowest BCUT2D eigenvalue weighted by molar-refractivity contribution is -0.143. The third-order valence-corrected chi connectivity index (χ3v) is 4.97. The van der Waals surface area contributed by atoms with Gasteiger partial charge in [0, 0.05) is 23.4 Å². The maximum atomic E-state index is 13.0. The molecule has 1 atom stereocenters. The molecule has 27 heavy (non-hydrogen) atoms. The molecule has 0 saturated heterocycles. The number of benzene rings is 1. The molecule has 2 aliphatic rings. The number of carbonyl (C=O) groups excluding carboxylic acids is 2. The van der Waals surface area contributed by atoms with Crippen LogP contribution in [0.25, 0.3) is 0 Å². The zero-order valence-electron chi connectivity index (χ0n) is 16.0. The summed E-state index contributed by atoms with van der Waals surface area (Å²) in [6.07, 6.45) is 0.636. The summed E-state index contributed by atoms with van der Waals surface area (Å²) in [6, 6.07) is 7.05. The summed E-state index contributed by atoms with van der Waals surface area (Å²) in [4.78, 5) is 25.8. The van der Waals surface area contributed by atoms with Gasteiger partial charge in [0.25, 0.3) is 0 Å². The van der Waals surface area contributed by atoms with E-state index in [1.165, 1.54) is 0 Å². The normalized spacial score (nSPS) is 21.9. The highest BCUT2D eigenvalue weighted by Crippen LogP contribution is 2.48. The number of carbonyl (C=O) groups is 2. The van der Waals surface area contributed by atoms with Crippen molar-refractivity contribution < 1.29 is 19.1 Å². The predicted molar refractivity (Wildman–Crippen MR) is 103 cm³/mol. The lowest BCUT2D eigenvalue weighted by Gasteiger charge is -2.38. The van der Waals surface area contributed by atoms with E-state index in [1.807, 2.05) is 13.8 Å². The third-order valence-electron chi connectivity index (χ3n) is 4.72. The maximum absolute atomic E-state index is 13.0. The van der Waals surface area contributed by atoms with Gasteiger partial charge in [0.05, 0.1) is 12.0 Å². The average Bonchev–Trinajstić information content (AvgIpc) is 2.52. The fourth-order valence-electron chi connectivity index (χ4n) is 3.65. The summed E-state index contributed by atoms with van der Waals surface area (Å²) in [6.45, 7) is 7.54. The Morgan fingerprint density at radius 2 is 1.89 bits per heavy atom. The summed E-state index contributed by atoms with van der Waals surface area (Å²) < 4.78 is 11.2. The van der Waals surface area contributed by atoms with Gasteiger partial charge in [0.2, 0.25) is 5.88 Å². The Morgan fingerprint density at radius 1 is 1.26 bits per heavy atom. The van der Waals surface area contributed by atoms with Crippen LogP contribution in [0, 0.1) is 5.41 Å². The number of hydrogen-bond acceptors (Lipinski definition) is 5. The second kappa shape index (κ2) is 7.04. The van der Waals surface area contributed by atoms with Crippen molar-refractivity contribution in [2.24, 2.45) is 11.1 Å². The monoisotopic (exact) mass is 389 g/mol. The van der Waals surface area contributed by atoms with Crippen molar-refractivity contribution in [1.29, 1.82) is 0 Å². The van der Waals surface area contributed by atoms with Crippen LogP contribution in [0.3, 0.4) is 0 Å². The van der Waals surface area contributed by atoms with Crippen molar-refractivity contribution in [3.63, 3.8) is 0 Å². The Labute approximate surface area is 164 Å². The van der Waals surface area contributed by atoms with E-state index < -0.39 is 11.9 Å². The van der Waals surface area contributed by atoms with Crippen LogP contribution in [-0.4, -0.2) is 17.9 Å². The second-order valence-corrected chi connectivity index (χ2v) is 8.53. The van der Waals surface area contributed by atoms with Crippen LogP contribution in [0.15, 0.2) is 47.1 Å². The minimum atomic E-state index is -0.624. The van der Waals surface area contributed by atoms with E-state index in [9.17, 15) is 9.59 Å². The topological polar surface area (TPSA) is 78.6 Å². The van der Waals surface area contributed by atoms with E-state index in [2.05, 4.69) is 0 Å². The lowest BCUT2D eigenvalue weighted by Crippen LogP contribution is -2.36. The fourth-order valence-corrected chi connectivity index (χ4v) is 3.78. The van der Waals surface area contributed by atoms with Gasteiger partial charge < -0.3 is 15.2 Å². The number of hydrogen-bond donors (Lipinski definition) is 1. The zero-order valence-corrected chi connectivity index (χ0v) is 16.7. The van der Waals surface area contributed by atoms with E-state index in [4.69, 9.17) is 26.8 Å². The molecular formula is C21H24ClNO4.